The van der Waals surface area contributed by atoms with Crippen LogP contribution in [-0.4, -0.2) is 11.1 Å². The Morgan fingerprint density at radius 2 is 2.07 bits per heavy atom. The van der Waals surface area contributed by atoms with Gasteiger partial charge in [0.1, 0.15) is 11.6 Å². The van der Waals surface area contributed by atoms with Gasteiger partial charge in [-0.05, 0) is 12.1 Å². The fourth-order valence-electron chi connectivity index (χ4n) is 0.936. The number of phenolic OH excluding ortho intramolecular Hbond substituents is 1. The monoisotopic (exact) mass is 192 g/mol. The minimum Gasteiger partial charge on any atom is -0.506 e. The highest BCUT2D eigenvalue weighted by Gasteiger charge is 2.00. The van der Waals surface area contributed by atoms with Crippen molar-refractivity contribution in [3.63, 3.8) is 0 Å². The van der Waals surface area contributed by atoms with E-state index in [9.17, 15) is 5.11 Å². The Bertz CT molecular complexity index is 362. The number of hydrogen-bond acceptors (Lipinski definition) is 3. The summed E-state index contributed by atoms with van der Waals surface area (Å²) in [6, 6.07) is 6.70. The predicted octanol–water partition coefficient (Wildman–Crippen LogP) is 0.758. The molecule has 1 aromatic rings. The summed E-state index contributed by atoms with van der Waals surface area (Å²) in [5, 5.41) is 21.6. The zero-order valence-corrected chi connectivity index (χ0v) is 7.54. The highest BCUT2D eigenvalue weighted by atomic mass is 16.3. The number of benzene rings is 1. The van der Waals surface area contributed by atoms with Crippen molar-refractivity contribution in [1.82, 2.24) is 5.32 Å². The summed E-state index contributed by atoms with van der Waals surface area (Å²) >= 11 is 0. The highest BCUT2D eigenvalue weighted by Crippen LogP contribution is 2.21. The van der Waals surface area contributed by atoms with Gasteiger partial charge in [0.15, 0.2) is 5.96 Å². The van der Waals surface area contributed by atoms with Crippen LogP contribution in [0.5, 0.6) is 5.75 Å². The van der Waals surface area contributed by atoms with Crippen molar-refractivity contribution in [2.75, 3.05) is 5.32 Å². The van der Waals surface area contributed by atoms with Crippen LogP contribution in [0.25, 0.3) is 0 Å². The van der Waals surface area contributed by atoms with E-state index in [1.807, 2.05) is 0 Å². The fourth-order valence-corrected chi connectivity index (χ4v) is 0.936. The molecule has 0 unspecified atom stereocenters. The standard InChI is InChI=1S/C9H12N4O/c1-6(13-9(10)11)12-7-4-2-3-5-8(7)14/h2-5,12,14H,1H2,(H4,10,11,13). The lowest BCUT2D eigenvalue weighted by Gasteiger charge is -2.11. The molecule has 1 rings (SSSR count). The van der Waals surface area contributed by atoms with Crippen molar-refractivity contribution in [1.29, 1.82) is 5.41 Å². The van der Waals surface area contributed by atoms with Gasteiger partial charge in [-0.2, -0.15) is 0 Å². The van der Waals surface area contributed by atoms with E-state index < -0.39 is 0 Å². The van der Waals surface area contributed by atoms with E-state index in [0.29, 0.717) is 11.5 Å². The van der Waals surface area contributed by atoms with Crippen molar-refractivity contribution in [2.45, 2.75) is 0 Å². The quantitative estimate of drug-likeness (QED) is 0.277. The number of nitrogens with one attached hydrogen (secondary N) is 3. The van der Waals surface area contributed by atoms with Crippen molar-refractivity contribution in [3.8, 4) is 5.75 Å². The Balaban J connectivity index is 2.65. The highest BCUT2D eigenvalue weighted by molar-refractivity contribution is 5.77. The second-order valence-corrected chi connectivity index (χ2v) is 2.66. The molecule has 74 valence electrons. The van der Waals surface area contributed by atoms with Crippen LogP contribution in [0, 0.1) is 5.41 Å². The Kier molecular flexibility index (Phi) is 2.96. The average Bonchev–Trinajstić information content (AvgIpc) is 2.07. The first kappa shape index (κ1) is 9.91. The molecule has 0 heterocycles. The van der Waals surface area contributed by atoms with Crippen LogP contribution in [0.15, 0.2) is 36.7 Å². The molecule has 0 spiro atoms. The van der Waals surface area contributed by atoms with Gasteiger partial charge in [-0.15, -0.1) is 0 Å². The summed E-state index contributed by atoms with van der Waals surface area (Å²) in [7, 11) is 0. The van der Waals surface area contributed by atoms with Crippen LogP contribution in [0.4, 0.5) is 5.69 Å². The zero-order valence-electron chi connectivity index (χ0n) is 7.54. The van der Waals surface area contributed by atoms with Crippen LogP contribution in [0.3, 0.4) is 0 Å². The number of aromatic hydroxyl groups is 1. The molecule has 0 aromatic heterocycles. The first-order valence-corrected chi connectivity index (χ1v) is 3.94. The molecular weight excluding hydrogens is 180 g/mol. The minimum atomic E-state index is -0.210. The van der Waals surface area contributed by atoms with Crippen molar-refractivity contribution >= 4 is 11.6 Å². The smallest absolute Gasteiger partial charge is 0.191 e. The molecule has 0 aliphatic carbocycles. The van der Waals surface area contributed by atoms with Crippen LogP contribution in [-0.2, 0) is 0 Å². The summed E-state index contributed by atoms with van der Waals surface area (Å²) in [6.45, 7) is 3.58. The average molecular weight is 192 g/mol. The van der Waals surface area contributed by atoms with E-state index in [2.05, 4.69) is 17.2 Å². The Hall–Kier alpha value is -2.17. The van der Waals surface area contributed by atoms with Crippen molar-refractivity contribution < 1.29 is 5.11 Å². The van der Waals surface area contributed by atoms with Crippen LogP contribution < -0.4 is 16.4 Å². The Labute approximate surface area is 81.8 Å². The molecule has 0 aliphatic heterocycles. The van der Waals surface area contributed by atoms with E-state index in [-0.39, 0.29) is 11.7 Å². The summed E-state index contributed by atoms with van der Waals surface area (Å²) in [5.41, 5.74) is 5.60. The second kappa shape index (κ2) is 4.18. The maximum absolute atomic E-state index is 9.38. The molecule has 0 saturated carbocycles. The van der Waals surface area contributed by atoms with Crippen LogP contribution >= 0.6 is 0 Å². The largest absolute Gasteiger partial charge is 0.506 e. The lowest BCUT2D eigenvalue weighted by Crippen LogP contribution is -2.31. The second-order valence-electron chi connectivity index (χ2n) is 2.66. The first-order chi connectivity index (χ1) is 6.59. The van der Waals surface area contributed by atoms with Crippen LogP contribution in [0.2, 0.25) is 0 Å². The number of phenols is 1. The van der Waals surface area contributed by atoms with Gasteiger partial charge in [0.25, 0.3) is 0 Å². The van der Waals surface area contributed by atoms with Gasteiger partial charge in [0, 0.05) is 0 Å². The molecule has 6 N–H and O–H groups in total. The van der Waals surface area contributed by atoms with Crippen molar-refractivity contribution in [3.05, 3.63) is 36.7 Å². The fraction of sp³-hybridized carbons (Fsp3) is 0. The summed E-state index contributed by atoms with van der Waals surface area (Å²) < 4.78 is 0. The number of nitrogens with two attached hydrogens (primary N) is 1. The van der Waals surface area contributed by atoms with Gasteiger partial charge in [0.05, 0.1) is 5.69 Å². The topological polar surface area (TPSA) is 94.2 Å². The Morgan fingerprint density at radius 3 is 2.64 bits per heavy atom. The van der Waals surface area contributed by atoms with E-state index in [4.69, 9.17) is 11.1 Å². The number of anilines is 1. The molecule has 0 radical (unpaired) electrons. The van der Waals surface area contributed by atoms with Gasteiger partial charge >= 0.3 is 0 Å². The number of rotatable bonds is 3. The lowest BCUT2D eigenvalue weighted by molar-refractivity contribution is 0.477. The summed E-state index contributed by atoms with van der Waals surface area (Å²) in [4.78, 5) is 0. The maximum Gasteiger partial charge on any atom is 0.191 e. The SMILES string of the molecule is C=C(NC(=N)N)Nc1ccccc1O. The molecule has 0 fully saturated rings. The van der Waals surface area contributed by atoms with Crippen molar-refractivity contribution in [2.24, 2.45) is 5.73 Å². The molecule has 0 saturated heterocycles. The maximum atomic E-state index is 9.38. The molecule has 14 heavy (non-hydrogen) atoms. The number of guanidine groups is 1. The molecule has 1 aromatic carbocycles. The predicted molar refractivity (Wildman–Crippen MR) is 55.9 cm³/mol. The number of para-hydroxylation sites is 2. The van der Waals surface area contributed by atoms with E-state index in [1.165, 1.54) is 0 Å². The van der Waals surface area contributed by atoms with E-state index in [1.54, 1.807) is 24.3 Å². The Morgan fingerprint density at radius 1 is 1.43 bits per heavy atom. The normalized spacial score (nSPS) is 9.14. The van der Waals surface area contributed by atoms with Crippen LogP contribution in [0.1, 0.15) is 0 Å². The molecule has 5 heteroatoms. The molecule has 0 bridgehead atoms. The van der Waals surface area contributed by atoms with Gasteiger partial charge < -0.3 is 21.5 Å². The van der Waals surface area contributed by atoms with Gasteiger partial charge in [-0.25, -0.2) is 0 Å². The molecule has 0 amide bonds. The summed E-state index contributed by atoms with van der Waals surface area (Å²) in [5.74, 6) is 0.232. The molecule has 5 nitrogen and oxygen atoms in total. The molecular formula is C9H12N4O. The first-order valence-electron chi connectivity index (χ1n) is 3.94. The molecule has 0 atom stereocenters. The summed E-state index contributed by atoms with van der Waals surface area (Å²) in [6.07, 6.45) is 0. The van der Waals surface area contributed by atoms with E-state index in [0.717, 1.165) is 0 Å². The van der Waals surface area contributed by atoms with Gasteiger partial charge in [-0.3, -0.25) is 5.41 Å². The minimum absolute atomic E-state index is 0.110. The third-order valence-corrected chi connectivity index (χ3v) is 1.48. The molecule has 0 aliphatic rings. The third-order valence-electron chi connectivity index (χ3n) is 1.48. The third kappa shape index (κ3) is 2.71. The number of hydrogen-bond donors (Lipinski definition) is 5. The van der Waals surface area contributed by atoms with Gasteiger partial charge in [0.2, 0.25) is 0 Å². The zero-order chi connectivity index (χ0) is 10.6. The van der Waals surface area contributed by atoms with E-state index >= 15 is 0 Å². The lowest BCUT2D eigenvalue weighted by atomic mass is 10.3. The van der Waals surface area contributed by atoms with Gasteiger partial charge in [-0.1, -0.05) is 18.7 Å².